The molecule has 1 heterocycles. The van der Waals surface area contributed by atoms with Gasteiger partial charge in [-0.1, -0.05) is 25.5 Å². The van der Waals surface area contributed by atoms with Crippen molar-refractivity contribution in [1.82, 2.24) is 4.90 Å². The molecule has 1 amide bonds. The fourth-order valence-electron chi connectivity index (χ4n) is 3.63. The van der Waals surface area contributed by atoms with Gasteiger partial charge in [0.2, 0.25) is 0 Å². The molecular weight excluding hydrogens is 410 g/mol. The minimum atomic E-state index is -0.725. The topological polar surface area (TPSA) is 85.3 Å². The van der Waals surface area contributed by atoms with E-state index in [0.29, 0.717) is 29.2 Å². The van der Waals surface area contributed by atoms with Crippen LogP contribution in [0.2, 0.25) is 0 Å². The standard InChI is InChI=1S/C25H29NO6/c1-4-5-15-32-20-12-6-17(7-13-20)22-21(24(28)25(29)26(22)14-16-30-2)23(27)18-8-10-19(31-3)11-9-18/h6-13,22,27H,4-5,14-16H2,1-3H3/t22-/m0/s1. The van der Waals surface area contributed by atoms with Crippen molar-refractivity contribution in [1.29, 1.82) is 0 Å². The SMILES string of the molecule is CCCCOc1ccc([C@H]2C(=C(O)c3ccc(OC)cc3)C(=O)C(=O)N2CCOC)cc1. The first-order chi connectivity index (χ1) is 15.5. The average Bonchev–Trinajstić information content (AvgIpc) is 3.07. The molecule has 2 aromatic carbocycles. The Kier molecular flexibility index (Phi) is 7.89. The lowest BCUT2D eigenvalue weighted by Gasteiger charge is -2.25. The smallest absolute Gasteiger partial charge is 0.295 e. The lowest BCUT2D eigenvalue weighted by Crippen LogP contribution is -2.32. The molecule has 0 saturated carbocycles. The third-order valence-corrected chi connectivity index (χ3v) is 5.40. The zero-order valence-corrected chi connectivity index (χ0v) is 18.7. The molecule has 0 aliphatic carbocycles. The van der Waals surface area contributed by atoms with Gasteiger partial charge in [-0.05, 0) is 48.4 Å². The number of aliphatic hydroxyl groups excluding tert-OH is 1. The number of nitrogens with zero attached hydrogens (tertiary/aromatic N) is 1. The number of hydrogen-bond donors (Lipinski definition) is 1. The fraction of sp³-hybridized carbons (Fsp3) is 0.360. The molecule has 0 radical (unpaired) electrons. The molecule has 0 unspecified atom stereocenters. The molecular formula is C25H29NO6. The number of benzene rings is 2. The summed E-state index contributed by atoms with van der Waals surface area (Å²) in [5.41, 5.74) is 1.19. The third-order valence-electron chi connectivity index (χ3n) is 5.40. The number of ether oxygens (including phenoxy) is 3. The van der Waals surface area contributed by atoms with E-state index in [-0.39, 0.29) is 24.5 Å². The van der Waals surface area contributed by atoms with Gasteiger partial charge in [-0.2, -0.15) is 0 Å². The summed E-state index contributed by atoms with van der Waals surface area (Å²) in [4.78, 5) is 27.2. The molecule has 7 nitrogen and oxygen atoms in total. The fourth-order valence-corrected chi connectivity index (χ4v) is 3.63. The molecule has 1 aliphatic rings. The highest BCUT2D eigenvalue weighted by molar-refractivity contribution is 6.46. The molecule has 1 fully saturated rings. The molecule has 2 aromatic rings. The average molecular weight is 440 g/mol. The molecule has 0 spiro atoms. The maximum Gasteiger partial charge on any atom is 0.295 e. The van der Waals surface area contributed by atoms with Crippen LogP contribution in [0.1, 0.15) is 36.9 Å². The van der Waals surface area contributed by atoms with E-state index in [2.05, 4.69) is 6.92 Å². The first-order valence-electron chi connectivity index (χ1n) is 10.7. The second kappa shape index (κ2) is 10.8. The van der Waals surface area contributed by atoms with Crippen LogP contribution in [0, 0.1) is 0 Å². The van der Waals surface area contributed by atoms with Gasteiger partial charge >= 0.3 is 0 Å². The van der Waals surface area contributed by atoms with E-state index in [4.69, 9.17) is 14.2 Å². The molecule has 3 rings (SSSR count). The zero-order chi connectivity index (χ0) is 23.1. The molecule has 32 heavy (non-hydrogen) atoms. The summed E-state index contributed by atoms with van der Waals surface area (Å²) < 4.78 is 16.0. The number of aliphatic hydroxyl groups is 1. The Morgan fingerprint density at radius 1 is 0.969 bits per heavy atom. The third kappa shape index (κ3) is 4.94. The van der Waals surface area contributed by atoms with Gasteiger partial charge in [0.15, 0.2) is 0 Å². The van der Waals surface area contributed by atoms with E-state index < -0.39 is 17.7 Å². The first-order valence-corrected chi connectivity index (χ1v) is 10.7. The molecule has 7 heteroatoms. The van der Waals surface area contributed by atoms with Gasteiger partial charge < -0.3 is 24.2 Å². The lowest BCUT2D eigenvalue weighted by molar-refractivity contribution is -0.140. The molecule has 1 saturated heterocycles. The molecule has 170 valence electrons. The van der Waals surface area contributed by atoms with Crippen molar-refractivity contribution in [3.05, 3.63) is 65.2 Å². The van der Waals surface area contributed by atoms with Crippen molar-refractivity contribution in [3.63, 3.8) is 0 Å². The maximum absolute atomic E-state index is 12.9. The number of hydrogen-bond acceptors (Lipinski definition) is 6. The van der Waals surface area contributed by atoms with Crippen LogP contribution in [0.5, 0.6) is 11.5 Å². The Labute approximate surface area is 188 Å². The summed E-state index contributed by atoms with van der Waals surface area (Å²) in [5, 5.41) is 11.0. The van der Waals surface area contributed by atoms with Gasteiger partial charge in [-0.25, -0.2) is 0 Å². The number of likely N-dealkylation sites (tertiary alicyclic amines) is 1. The Hall–Kier alpha value is -3.32. The summed E-state index contributed by atoms with van der Waals surface area (Å²) in [6, 6.07) is 13.2. The number of methoxy groups -OCH3 is 2. The second-order valence-electron chi connectivity index (χ2n) is 7.48. The van der Waals surface area contributed by atoms with E-state index in [1.54, 1.807) is 31.4 Å². The number of carbonyl (C=O) groups excluding carboxylic acids is 2. The molecule has 0 aromatic heterocycles. The minimum absolute atomic E-state index is 0.0518. The Bertz CT molecular complexity index is 965. The van der Waals surface area contributed by atoms with Crippen molar-refractivity contribution in [2.45, 2.75) is 25.8 Å². The quantitative estimate of drug-likeness (QED) is 0.261. The van der Waals surface area contributed by atoms with E-state index in [1.165, 1.54) is 12.0 Å². The molecule has 1 N–H and O–H groups in total. The Morgan fingerprint density at radius 2 is 1.62 bits per heavy atom. The number of Topliss-reactive ketones (excluding diaryl/α,β-unsaturated/α-hetero) is 1. The summed E-state index contributed by atoms with van der Waals surface area (Å²) in [7, 11) is 3.08. The van der Waals surface area contributed by atoms with Gasteiger partial charge in [-0.15, -0.1) is 0 Å². The van der Waals surface area contributed by atoms with E-state index >= 15 is 0 Å². The lowest BCUT2D eigenvalue weighted by atomic mass is 9.95. The van der Waals surface area contributed by atoms with Crippen molar-refractivity contribution in [2.75, 3.05) is 34.0 Å². The Balaban J connectivity index is 2.01. The van der Waals surface area contributed by atoms with Crippen molar-refractivity contribution < 1.29 is 28.9 Å². The predicted octanol–water partition coefficient (Wildman–Crippen LogP) is 3.94. The summed E-state index contributed by atoms with van der Waals surface area (Å²) in [6.45, 7) is 3.21. The normalized spacial score (nSPS) is 17.6. The first kappa shape index (κ1) is 23.3. The van der Waals surface area contributed by atoms with E-state index in [0.717, 1.165) is 12.8 Å². The predicted molar refractivity (Wildman–Crippen MR) is 121 cm³/mol. The zero-order valence-electron chi connectivity index (χ0n) is 18.7. The largest absolute Gasteiger partial charge is 0.507 e. The van der Waals surface area contributed by atoms with E-state index in [9.17, 15) is 14.7 Å². The molecule has 1 aliphatic heterocycles. The van der Waals surface area contributed by atoms with Gasteiger partial charge in [0.25, 0.3) is 11.7 Å². The highest BCUT2D eigenvalue weighted by Gasteiger charge is 2.45. The van der Waals surface area contributed by atoms with Gasteiger partial charge in [0.1, 0.15) is 17.3 Å². The van der Waals surface area contributed by atoms with Crippen LogP contribution in [0.3, 0.4) is 0 Å². The van der Waals surface area contributed by atoms with Gasteiger partial charge in [0, 0.05) is 19.2 Å². The van der Waals surface area contributed by atoms with Crippen molar-refractivity contribution in [3.8, 4) is 11.5 Å². The minimum Gasteiger partial charge on any atom is -0.507 e. The summed E-state index contributed by atoms with van der Waals surface area (Å²) >= 11 is 0. The summed E-state index contributed by atoms with van der Waals surface area (Å²) in [5.74, 6) is -0.268. The van der Waals surface area contributed by atoms with Crippen LogP contribution in [-0.2, 0) is 14.3 Å². The number of unbranched alkanes of at least 4 members (excludes halogenated alkanes) is 1. The molecule has 1 atom stereocenters. The van der Waals surface area contributed by atoms with Crippen LogP contribution < -0.4 is 9.47 Å². The monoisotopic (exact) mass is 439 g/mol. The van der Waals surface area contributed by atoms with Crippen LogP contribution in [0.4, 0.5) is 0 Å². The second-order valence-corrected chi connectivity index (χ2v) is 7.48. The molecule has 0 bridgehead atoms. The number of ketones is 1. The van der Waals surface area contributed by atoms with Crippen LogP contribution in [0.15, 0.2) is 54.1 Å². The van der Waals surface area contributed by atoms with Gasteiger partial charge in [0.05, 0.1) is 31.9 Å². The maximum atomic E-state index is 12.9. The Morgan fingerprint density at radius 3 is 2.22 bits per heavy atom. The number of amides is 1. The van der Waals surface area contributed by atoms with Gasteiger partial charge in [-0.3, -0.25) is 9.59 Å². The van der Waals surface area contributed by atoms with E-state index in [1.807, 2.05) is 24.3 Å². The van der Waals surface area contributed by atoms with Crippen LogP contribution in [0.25, 0.3) is 5.76 Å². The summed E-state index contributed by atoms with van der Waals surface area (Å²) in [6.07, 6.45) is 2.00. The van der Waals surface area contributed by atoms with Crippen LogP contribution >= 0.6 is 0 Å². The highest BCUT2D eigenvalue weighted by atomic mass is 16.5. The van der Waals surface area contributed by atoms with Crippen LogP contribution in [-0.4, -0.2) is 55.7 Å². The number of rotatable bonds is 10. The number of carbonyl (C=O) groups is 2. The van der Waals surface area contributed by atoms with Crippen molar-refractivity contribution >= 4 is 17.4 Å². The highest BCUT2D eigenvalue weighted by Crippen LogP contribution is 2.39. The van der Waals surface area contributed by atoms with Crippen molar-refractivity contribution in [2.24, 2.45) is 0 Å².